The number of hydrogen-bond acceptors (Lipinski definition) is 2. The molecule has 5 nitrogen and oxygen atoms in total. The topological polar surface area (TPSA) is 50.6 Å². The van der Waals surface area contributed by atoms with Crippen molar-refractivity contribution in [2.24, 2.45) is 17.5 Å². The Morgan fingerprint density at radius 1 is 1.50 bits per heavy atom. The van der Waals surface area contributed by atoms with E-state index in [1.165, 1.54) is 5.56 Å². The third-order valence-corrected chi connectivity index (χ3v) is 3.16. The second-order valence-corrected chi connectivity index (χ2v) is 5.27. The van der Waals surface area contributed by atoms with Gasteiger partial charge in [-0.2, -0.15) is 0 Å². The highest BCUT2D eigenvalue weighted by molar-refractivity contribution is 5.79. The average molecular weight is 250 g/mol. The molecule has 1 aliphatic heterocycles. The Balaban J connectivity index is 1.75. The molecule has 0 unspecified atom stereocenters. The maximum absolute atomic E-state index is 5.23. The first kappa shape index (κ1) is 13.0. The molecular formula is C13H22N4O. The fourth-order valence-corrected chi connectivity index (χ4v) is 1.92. The highest BCUT2D eigenvalue weighted by Crippen LogP contribution is 2.24. The molecule has 0 amide bonds. The predicted molar refractivity (Wildman–Crippen MR) is 72.5 cm³/mol. The zero-order valence-electron chi connectivity index (χ0n) is 11.4. The number of nitrogens with one attached hydrogen (secondary N) is 2. The second kappa shape index (κ2) is 5.44. The SMILES string of the molecule is CN=C(NCc1ccn(C)c1)NCC1(C)COC1. The van der Waals surface area contributed by atoms with Crippen LogP contribution in [0.5, 0.6) is 0 Å². The van der Waals surface area contributed by atoms with Crippen molar-refractivity contribution < 1.29 is 4.74 Å². The van der Waals surface area contributed by atoms with Crippen molar-refractivity contribution >= 4 is 5.96 Å². The summed E-state index contributed by atoms with van der Waals surface area (Å²) in [4.78, 5) is 4.22. The molecule has 1 aromatic heterocycles. The van der Waals surface area contributed by atoms with E-state index < -0.39 is 0 Å². The molecule has 2 rings (SSSR count). The number of aliphatic imine (C=N–C) groups is 1. The van der Waals surface area contributed by atoms with E-state index in [9.17, 15) is 0 Å². The number of aromatic nitrogens is 1. The van der Waals surface area contributed by atoms with E-state index >= 15 is 0 Å². The van der Waals surface area contributed by atoms with E-state index in [1.54, 1.807) is 7.05 Å². The van der Waals surface area contributed by atoms with Gasteiger partial charge in [0.25, 0.3) is 0 Å². The van der Waals surface area contributed by atoms with Gasteiger partial charge in [0, 0.05) is 45.0 Å². The molecule has 0 aromatic carbocycles. The Kier molecular flexibility index (Phi) is 3.91. The number of guanidine groups is 1. The molecule has 100 valence electrons. The van der Waals surface area contributed by atoms with E-state index in [0.717, 1.165) is 32.3 Å². The summed E-state index contributed by atoms with van der Waals surface area (Å²) in [6, 6.07) is 2.10. The molecule has 1 aliphatic rings. The molecule has 0 spiro atoms. The van der Waals surface area contributed by atoms with Crippen molar-refractivity contribution in [1.29, 1.82) is 0 Å². The molecule has 5 heteroatoms. The lowest BCUT2D eigenvalue weighted by Gasteiger charge is -2.38. The van der Waals surface area contributed by atoms with Crippen molar-refractivity contribution in [3.05, 3.63) is 24.0 Å². The van der Waals surface area contributed by atoms with Gasteiger partial charge < -0.3 is 19.9 Å². The van der Waals surface area contributed by atoms with Crippen LogP contribution in [0.3, 0.4) is 0 Å². The van der Waals surface area contributed by atoms with E-state index in [1.807, 2.05) is 17.8 Å². The summed E-state index contributed by atoms with van der Waals surface area (Å²) in [5.41, 5.74) is 1.50. The van der Waals surface area contributed by atoms with Crippen molar-refractivity contribution in [1.82, 2.24) is 15.2 Å². The van der Waals surface area contributed by atoms with E-state index in [4.69, 9.17) is 4.74 Å². The van der Waals surface area contributed by atoms with Gasteiger partial charge in [-0.3, -0.25) is 4.99 Å². The molecule has 0 aliphatic carbocycles. The van der Waals surface area contributed by atoms with Crippen LogP contribution in [0.2, 0.25) is 0 Å². The second-order valence-electron chi connectivity index (χ2n) is 5.27. The molecule has 0 bridgehead atoms. The fraction of sp³-hybridized carbons (Fsp3) is 0.615. The highest BCUT2D eigenvalue weighted by Gasteiger charge is 2.33. The van der Waals surface area contributed by atoms with Gasteiger partial charge in [-0.1, -0.05) is 6.92 Å². The zero-order valence-corrected chi connectivity index (χ0v) is 11.4. The first-order chi connectivity index (χ1) is 8.61. The lowest BCUT2D eigenvalue weighted by Crippen LogP contribution is -2.50. The van der Waals surface area contributed by atoms with Gasteiger partial charge in [0.15, 0.2) is 5.96 Å². The van der Waals surface area contributed by atoms with E-state index in [0.29, 0.717) is 0 Å². The zero-order chi connectivity index (χ0) is 13.0. The molecule has 18 heavy (non-hydrogen) atoms. The quantitative estimate of drug-likeness (QED) is 0.612. The van der Waals surface area contributed by atoms with Crippen LogP contribution in [0.25, 0.3) is 0 Å². The molecule has 1 saturated heterocycles. The molecule has 0 atom stereocenters. The van der Waals surface area contributed by atoms with Gasteiger partial charge in [-0.15, -0.1) is 0 Å². The van der Waals surface area contributed by atoms with Crippen LogP contribution in [0.1, 0.15) is 12.5 Å². The Bertz CT molecular complexity index is 420. The normalized spacial score (nSPS) is 18.3. The summed E-state index contributed by atoms with van der Waals surface area (Å²) in [7, 11) is 3.81. The van der Waals surface area contributed by atoms with Crippen molar-refractivity contribution in [2.45, 2.75) is 13.5 Å². The first-order valence-corrected chi connectivity index (χ1v) is 6.24. The van der Waals surface area contributed by atoms with Crippen LogP contribution in [-0.4, -0.2) is 37.3 Å². The molecule has 2 heterocycles. The minimum Gasteiger partial charge on any atom is -0.380 e. The maximum atomic E-state index is 5.23. The number of hydrogen-bond donors (Lipinski definition) is 2. The molecule has 2 N–H and O–H groups in total. The van der Waals surface area contributed by atoms with Crippen molar-refractivity contribution in [3.8, 4) is 0 Å². The lowest BCUT2D eigenvalue weighted by molar-refractivity contribution is -0.0971. The van der Waals surface area contributed by atoms with Crippen molar-refractivity contribution in [3.63, 3.8) is 0 Å². The van der Waals surface area contributed by atoms with E-state index in [-0.39, 0.29) is 5.41 Å². The summed E-state index contributed by atoms with van der Waals surface area (Å²) in [6.45, 7) is 5.55. The van der Waals surface area contributed by atoms with Gasteiger partial charge in [-0.25, -0.2) is 0 Å². The van der Waals surface area contributed by atoms with Crippen LogP contribution in [0.15, 0.2) is 23.5 Å². The standard InChI is InChI=1S/C13H22N4O/c1-13(9-18-10-13)8-16-12(14-2)15-6-11-4-5-17(3)7-11/h4-5,7H,6,8-10H2,1-3H3,(H2,14,15,16). The first-order valence-electron chi connectivity index (χ1n) is 6.24. The molecule has 1 aromatic rings. The molecule has 1 fully saturated rings. The number of aryl methyl sites for hydroxylation is 1. The fourth-order valence-electron chi connectivity index (χ4n) is 1.92. The minimum absolute atomic E-state index is 0.254. The van der Waals surface area contributed by atoms with Gasteiger partial charge in [0.2, 0.25) is 0 Å². The highest BCUT2D eigenvalue weighted by atomic mass is 16.5. The Morgan fingerprint density at radius 3 is 2.78 bits per heavy atom. The number of nitrogens with zero attached hydrogens (tertiary/aromatic N) is 2. The number of rotatable bonds is 4. The summed E-state index contributed by atoms with van der Waals surface area (Å²) in [5.74, 6) is 0.840. The molecular weight excluding hydrogens is 228 g/mol. The van der Waals surface area contributed by atoms with Crippen LogP contribution in [0.4, 0.5) is 0 Å². The molecule has 0 radical (unpaired) electrons. The van der Waals surface area contributed by atoms with Gasteiger partial charge >= 0.3 is 0 Å². The summed E-state index contributed by atoms with van der Waals surface area (Å²) < 4.78 is 7.27. The van der Waals surface area contributed by atoms with Crippen LogP contribution in [0, 0.1) is 5.41 Å². The third-order valence-electron chi connectivity index (χ3n) is 3.16. The van der Waals surface area contributed by atoms with E-state index in [2.05, 4.69) is 34.8 Å². The largest absolute Gasteiger partial charge is 0.380 e. The third kappa shape index (κ3) is 3.26. The van der Waals surface area contributed by atoms with Gasteiger partial charge in [0.05, 0.1) is 13.2 Å². The number of ether oxygens (including phenoxy) is 1. The van der Waals surface area contributed by atoms with Gasteiger partial charge in [-0.05, 0) is 11.6 Å². The van der Waals surface area contributed by atoms with Crippen LogP contribution < -0.4 is 10.6 Å². The predicted octanol–water partition coefficient (Wildman–Crippen LogP) is 0.727. The maximum Gasteiger partial charge on any atom is 0.191 e. The summed E-state index contributed by atoms with van der Waals surface area (Å²) in [5, 5.41) is 6.65. The Morgan fingerprint density at radius 2 is 2.28 bits per heavy atom. The monoisotopic (exact) mass is 250 g/mol. The summed E-state index contributed by atoms with van der Waals surface area (Å²) >= 11 is 0. The lowest BCUT2D eigenvalue weighted by atomic mass is 9.89. The Hall–Kier alpha value is -1.49. The summed E-state index contributed by atoms with van der Waals surface area (Å²) in [6.07, 6.45) is 4.14. The van der Waals surface area contributed by atoms with Crippen LogP contribution in [-0.2, 0) is 18.3 Å². The minimum atomic E-state index is 0.254. The smallest absolute Gasteiger partial charge is 0.191 e. The molecule has 0 saturated carbocycles. The Labute approximate surface area is 108 Å². The average Bonchev–Trinajstić information content (AvgIpc) is 2.73. The van der Waals surface area contributed by atoms with Crippen LogP contribution >= 0.6 is 0 Å². The van der Waals surface area contributed by atoms with Crippen molar-refractivity contribution in [2.75, 3.05) is 26.8 Å². The van der Waals surface area contributed by atoms with Gasteiger partial charge in [0.1, 0.15) is 0 Å².